The third-order valence-electron chi connectivity index (χ3n) is 6.30. The molecule has 0 saturated heterocycles. The Morgan fingerprint density at radius 1 is 1.00 bits per heavy atom. The topological polar surface area (TPSA) is 38.7 Å². The van der Waals surface area contributed by atoms with Gasteiger partial charge in [0.2, 0.25) is 0 Å². The molecule has 3 nitrogen and oxygen atoms in total. The van der Waals surface area contributed by atoms with Gasteiger partial charge in [-0.25, -0.2) is 0 Å². The molecule has 0 aliphatic carbocycles. The summed E-state index contributed by atoms with van der Waals surface area (Å²) < 4.78 is 12.4. The number of benzene rings is 2. The van der Waals surface area contributed by atoms with Gasteiger partial charge in [0.05, 0.1) is 6.10 Å². The zero-order chi connectivity index (χ0) is 25.0. The highest BCUT2D eigenvalue weighted by atomic mass is 31.1. The first-order valence-electron chi connectivity index (χ1n) is 12.5. The molecule has 2 aromatic carbocycles. The van der Waals surface area contributed by atoms with E-state index in [0.29, 0.717) is 15.2 Å². The normalized spacial score (nSPS) is 15.0. The van der Waals surface area contributed by atoms with Crippen LogP contribution in [0.2, 0.25) is 5.04 Å². The Morgan fingerprint density at radius 3 is 2.03 bits per heavy atom. The Kier molecular flexibility index (Phi) is 12.0. The summed E-state index contributed by atoms with van der Waals surface area (Å²) in [5.74, 6) is 6.55. The molecule has 0 fully saturated rings. The number of aliphatic hydroxyl groups excluding tert-OH is 1. The van der Waals surface area contributed by atoms with Crippen molar-refractivity contribution in [2.24, 2.45) is 5.92 Å². The predicted octanol–water partition coefficient (Wildman–Crippen LogP) is 5.75. The molecule has 0 amide bonds. The second kappa shape index (κ2) is 14.2. The molecule has 0 saturated carbocycles. The van der Waals surface area contributed by atoms with Crippen LogP contribution < -0.4 is 10.4 Å². The molecule has 2 rings (SSSR count). The summed E-state index contributed by atoms with van der Waals surface area (Å²) in [4.78, 5) is 0. The van der Waals surface area contributed by atoms with Gasteiger partial charge in [0, 0.05) is 28.3 Å². The van der Waals surface area contributed by atoms with Gasteiger partial charge in [-0.15, -0.1) is 0 Å². The van der Waals surface area contributed by atoms with Crippen LogP contribution in [-0.4, -0.2) is 38.9 Å². The average Bonchev–Trinajstić information content (AvgIpc) is 2.83. The molecule has 0 aliphatic rings. The maximum absolute atomic E-state index is 10.7. The number of rotatable bonds is 12. The fraction of sp³-hybridized carbons (Fsp3) is 0.517. The monoisotopic (exact) mass is 498 g/mol. The molecular weight excluding hydrogens is 455 g/mol. The van der Waals surface area contributed by atoms with Crippen LogP contribution in [0.25, 0.3) is 0 Å². The lowest BCUT2D eigenvalue weighted by molar-refractivity contribution is 0.164. The molecule has 2 aromatic rings. The molecule has 0 radical (unpaired) electrons. The molecule has 0 spiro atoms. The summed E-state index contributed by atoms with van der Waals surface area (Å²) in [5, 5.41) is 13.2. The lowest BCUT2D eigenvalue weighted by Gasteiger charge is -2.44. The van der Waals surface area contributed by atoms with Crippen molar-refractivity contribution in [2.75, 3.05) is 13.3 Å². The van der Waals surface area contributed by atoms with Gasteiger partial charge in [0.1, 0.15) is 6.10 Å². The maximum Gasteiger partial charge on any atom is 0.261 e. The van der Waals surface area contributed by atoms with Crippen molar-refractivity contribution in [3.8, 4) is 11.8 Å². The van der Waals surface area contributed by atoms with E-state index in [0.717, 1.165) is 25.4 Å². The van der Waals surface area contributed by atoms with Gasteiger partial charge in [-0.05, 0) is 34.9 Å². The summed E-state index contributed by atoms with van der Waals surface area (Å²) in [6.45, 7) is 11.2. The smallest absolute Gasteiger partial charge is 0.261 e. The zero-order valence-electron chi connectivity index (χ0n) is 21.8. The van der Waals surface area contributed by atoms with Crippen LogP contribution in [0, 0.1) is 17.8 Å². The minimum Gasteiger partial charge on any atom is -0.404 e. The number of hydrogen-bond acceptors (Lipinski definition) is 3. The summed E-state index contributed by atoms with van der Waals surface area (Å²) in [5.41, 5.74) is 0. The first-order valence-corrected chi connectivity index (χ1v) is 15.5. The SMILES string of the molecule is CCCC[C@H](CPOC)C(O)C#CC[C@H](C)O[Si](c1ccccc1)(c1ccccc1)C(C)(C)C. The molecule has 4 atom stereocenters. The van der Waals surface area contributed by atoms with Crippen molar-refractivity contribution >= 4 is 27.5 Å². The van der Waals surface area contributed by atoms with Crippen LogP contribution in [0.15, 0.2) is 60.7 Å². The summed E-state index contributed by atoms with van der Waals surface area (Å²) in [7, 11) is -0.466. The molecule has 0 heterocycles. The van der Waals surface area contributed by atoms with E-state index in [1.165, 1.54) is 10.4 Å². The van der Waals surface area contributed by atoms with E-state index in [1.807, 2.05) is 0 Å². The molecule has 1 N–H and O–H groups in total. The number of unbranched alkanes of at least 4 members (excludes halogenated alkanes) is 1. The Balaban J connectivity index is 2.27. The minimum atomic E-state index is -2.59. The lowest BCUT2D eigenvalue weighted by atomic mass is 9.98. The summed E-state index contributed by atoms with van der Waals surface area (Å²) in [6, 6.07) is 21.4. The highest BCUT2D eigenvalue weighted by Gasteiger charge is 2.50. The van der Waals surface area contributed by atoms with Crippen LogP contribution in [0.4, 0.5) is 0 Å². The van der Waals surface area contributed by atoms with Crippen LogP contribution in [0.5, 0.6) is 0 Å². The van der Waals surface area contributed by atoms with Gasteiger partial charge in [-0.3, -0.25) is 0 Å². The van der Waals surface area contributed by atoms with Crippen molar-refractivity contribution in [2.45, 2.75) is 77.5 Å². The first-order chi connectivity index (χ1) is 16.3. The van der Waals surface area contributed by atoms with E-state index in [9.17, 15) is 5.11 Å². The quantitative estimate of drug-likeness (QED) is 0.230. The van der Waals surface area contributed by atoms with E-state index in [4.69, 9.17) is 8.95 Å². The Hall–Kier alpha value is -1.47. The molecule has 0 bridgehead atoms. The average molecular weight is 499 g/mol. The van der Waals surface area contributed by atoms with Gasteiger partial charge in [0.25, 0.3) is 8.32 Å². The van der Waals surface area contributed by atoms with Crippen LogP contribution >= 0.6 is 8.81 Å². The van der Waals surface area contributed by atoms with E-state index in [1.54, 1.807) is 7.11 Å². The second-order valence-electron chi connectivity index (χ2n) is 10.0. The standard InChI is InChI=1S/C29H43O3PSi/c1-7-8-17-25(23-33-31-6)28(30)22-15-16-24(2)32-34(29(3,4)5,26-18-11-9-12-19-26)27-20-13-10-14-21-27/h9-14,18-21,24-25,28,30,33H,7-8,16-17,23H2,1-6H3/t24-,25+,28?/m0/s1. The largest absolute Gasteiger partial charge is 0.404 e. The van der Waals surface area contributed by atoms with Crippen molar-refractivity contribution < 1.29 is 14.1 Å². The highest BCUT2D eigenvalue weighted by molar-refractivity contribution is 7.32. The van der Waals surface area contributed by atoms with E-state index >= 15 is 0 Å². The minimum absolute atomic E-state index is 0.0547. The molecule has 34 heavy (non-hydrogen) atoms. The second-order valence-corrected chi connectivity index (χ2v) is 15.4. The van der Waals surface area contributed by atoms with Gasteiger partial charge in [-0.1, -0.05) is 113 Å². The molecule has 0 aliphatic heterocycles. The lowest BCUT2D eigenvalue weighted by Crippen LogP contribution is -2.67. The first kappa shape index (κ1) is 28.8. The molecular formula is C29H43O3PSi. The molecule has 186 valence electrons. The fourth-order valence-electron chi connectivity index (χ4n) is 4.49. The third kappa shape index (κ3) is 7.77. The molecule has 5 heteroatoms. The Labute approximate surface area is 210 Å². The van der Waals surface area contributed by atoms with Crippen LogP contribution in [0.3, 0.4) is 0 Å². The van der Waals surface area contributed by atoms with Crippen molar-refractivity contribution in [1.29, 1.82) is 0 Å². The maximum atomic E-state index is 10.7. The van der Waals surface area contributed by atoms with E-state index in [-0.39, 0.29) is 17.1 Å². The highest BCUT2D eigenvalue weighted by Crippen LogP contribution is 2.37. The van der Waals surface area contributed by atoms with Crippen molar-refractivity contribution in [3.05, 3.63) is 60.7 Å². The molecule has 0 aromatic heterocycles. The van der Waals surface area contributed by atoms with Crippen LogP contribution in [-0.2, 0) is 8.95 Å². The van der Waals surface area contributed by atoms with Gasteiger partial charge >= 0.3 is 0 Å². The van der Waals surface area contributed by atoms with Crippen LogP contribution in [0.1, 0.15) is 60.3 Å². The predicted molar refractivity (Wildman–Crippen MR) is 150 cm³/mol. The van der Waals surface area contributed by atoms with Gasteiger partial charge in [-0.2, -0.15) is 0 Å². The fourth-order valence-corrected chi connectivity index (χ4v) is 10.00. The van der Waals surface area contributed by atoms with E-state index in [2.05, 4.69) is 107 Å². The van der Waals surface area contributed by atoms with Gasteiger partial charge in [0.15, 0.2) is 0 Å². The molecule has 2 unspecified atom stereocenters. The number of hydrogen-bond donors (Lipinski definition) is 1. The zero-order valence-corrected chi connectivity index (χ0v) is 23.8. The Morgan fingerprint density at radius 2 is 1.56 bits per heavy atom. The van der Waals surface area contributed by atoms with Crippen molar-refractivity contribution in [1.82, 2.24) is 0 Å². The van der Waals surface area contributed by atoms with E-state index < -0.39 is 14.4 Å². The van der Waals surface area contributed by atoms with Crippen molar-refractivity contribution in [3.63, 3.8) is 0 Å². The summed E-state index contributed by atoms with van der Waals surface area (Å²) >= 11 is 0. The third-order valence-corrected chi connectivity index (χ3v) is 12.4. The summed E-state index contributed by atoms with van der Waals surface area (Å²) in [6.07, 6.45) is 3.99. The Bertz CT molecular complexity index is 839. The van der Waals surface area contributed by atoms with Gasteiger partial charge < -0.3 is 14.1 Å². The number of aliphatic hydroxyl groups is 1.